The zero-order chi connectivity index (χ0) is 12.5. The summed E-state index contributed by atoms with van der Waals surface area (Å²) in [6.45, 7) is 5.30. The van der Waals surface area contributed by atoms with E-state index in [0.717, 1.165) is 36.0 Å². The first-order valence-electron chi connectivity index (χ1n) is 6.28. The molecule has 18 heavy (non-hydrogen) atoms. The van der Waals surface area contributed by atoms with E-state index in [0.29, 0.717) is 6.04 Å². The smallest absolute Gasteiger partial charge is 0.140 e. The van der Waals surface area contributed by atoms with Crippen molar-refractivity contribution in [3.63, 3.8) is 0 Å². The maximum atomic E-state index is 4.70. The summed E-state index contributed by atoms with van der Waals surface area (Å²) in [5.41, 5.74) is 2.27. The molecule has 0 aromatic carbocycles. The van der Waals surface area contributed by atoms with Gasteiger partial charge in [-0.3, -0.25) is 4.90 Å². The Kier molecular flexibility index (Phi) is 3.20. The van der Waals surface area contributed by atoms with Crippen molar-refractivity contribution in [2.24, 2.45) is 0 Å². The van der Waals surface area contributed by atoms with Crippen molar-refractivity contribution in [1.82, 2.24) is 20.2 Å². The third-order valence-corrected chi connectivity index (χ3v) is 4.77. The van der Waals surface area contributed by atoms with Crippen LogP contribution in [0.2, 0.25) is 0 Å². The summed E-state index contributed by atoms with van der Waals surface area (Å²) in [6.07, 6.45) is 1.94. The summed E-state index contributed by atoms with van der Waals surface area (Å²) >= 11 is 1.80. The highest BCUT2D eigenvalue weighted by molar-refractivity contribution is 7.15. The first-order valence-corrected chi connectivity index (χ1v) is 7.09. The van der Waals surface area contributed by atoms with Gasteiger partial charge in [0.1, 0.15) is 5.01 Å². The Morgan fingerprint density at radius 3 is 3.11 bits per heavy atom. The van der Waals surface area contributed by atoms with Gasteiger partial charge in [0.15, 0.2) is 0 Å². The Labute approximate surface area is 111 Å². The molecule has 0 amide bonds. The molecule has 1 saturated heterocycles. The topological polar surface area (TPSA) is 44.0 Å². The maximum Gasteiger partial charge on any atom is 0.140 e. The molecule has 1 fully saturated rings. The number of aromatic nitrogens is 2. The summed E-state index contributed by atoms with van der Waals surface area (Å²) < 4.78 is 0. The molecule has 5 heteroatoms. The van der Waals surface area contributed by atoms with Gasteiger partial charge in [0.25, 0.3) is 0 Å². The average molecular weight is 262 g/mol. The van der Waals surface area contributed by atoms with Crippen LogP contribution in [-0.4, -0.2) is 41.5 Å². The number of piperazine rings is 1. The van der Waals surface area contributed by atoms with Crippen molar-refractivity contribution in [3.05, 3.63) is 28.9 Å². The fraction of sp³-hybridized carbons (Fsp3) is 0.462. The fourth-order valence-electron chi connectivity index (χ4n) is 2.39. The molecular weight excluding hydrogens is 244 g/mol. The number of likely N-dealkylation sites (N-methyl/N-ethyl adjacent to an activating group) is 1. The van der Waals surface area contributed by atoms with Crippen LogP contribution in [0.5, 0.6) is 0 Å². The standard InChI is InChI=1S/C13H18N4S/c1-9-12(11-8-14-6-7-17(11)2)18-13(16-9)10-4-3-5-15-10/h3-5,11,14-15H,6-8H2,1-2H3. The number of nitrogens with zero attached hydrogens (tertiary/aromatic N) is 2. The molecule has 96 valence electrons. The minimum absolute atomic E-state index is 0.458. The molecule has 0 aliphatic carbocycles. The zero-order valence-corrected chi connectivity index (χ0v) is 11.5. The second-order valence-electron chi connectivity index (χ2n) is 4.75. The van der Waals surface area contributed by atoms with E-state index in [2.05, 4.69) is 35.2 Å². The van der Waals surface area contributed by atoms with Gasteiger partial charge >= 0.3 is 0 Å². The molecule has 1 atom stereocenters. The molecule has 3 heterocycles. The van der Waals surface area contributed by atoms with Gasteiger partial charge in [0.2, 0.25) is 0 Å². The minimum atomic E-state index is 0.458. The van der Waals surface area contributed by atoms with Crippen LogP contribution in [0.25, 0.3) is 10.7 Å². The van der Waals surface area contributed by atoms with Crippen LogP contribution < -0.4 is 5.32 Å². The Balaban J connectivity index is 1.93. The van der Waals surface area contributed by atoms with Gasteiger partial charge in [0, 0.05) is 30.7 Å². The van der Waals surface area contributed by atoms with Crippen LogP contribution in [0.4, 0.5) is 0 Å². The van der Waals surface area contributed by atoms with E-state index < -0.39 is 0 Å². The molecule has 1 aliphatic heterocycles. The van der Waals surface area contributed by atoms with Gasteiger partial charge in [-0.1, -0.05) is 0 Å². The Hall–Kier alpha value is -1.17. The van der Waals surface area contributed by atoms with Crippen molar-refractivity contribution < 1.29 is 0 Å². The maximum absolute atomic E-state index is 4.70. The van der Waals surface area contributed by atoms with Crippen LogP contribution in [0.1, 0.15) is 16.6 Å². The second-order valence-corrected chi connectivity index (χ2v) is 5.78. The quantitative estimate of drug-likeness (QED) is 0.870. The van der Waals surface area contributed by atoms with E-state index in [1.165, 1.54) is 4.88 Å². The summed E-state index contributed by atoms with van der Waals surface area (Å²) in [5, 5.41) is 4.55. The minimum Gasteiger partial charge on any atom is -0.359 e. The summed E-state index contributed by atoms with van der Waals surface area (Å²) in [7, 11) is 2.19. The van der Waals surface area contributed by atoms with Gasteiger partial charge in [0.05, 0.1) is 17.4 Å². The fourth-order valence-corrected chi connectivity index (χ4v) is 3.62. The summed E-state index contributed by atoms with van der Waals surface area (Å²) in [4.78, 5) is 11.7. The number of H-pyrrole nitrogens is 1. The molecule has 0 radical (unpaired) electrons. The molecule has 1 unspecified atom stereocenters. The number of rotatable bonds is 2. The SMILES string of the molecule is Cc1nc(-c2ccc[nH]2)sc1C1CNCCN1C. The summed E-state index contributed by atoms with van der Waals surface area (Å²) in [6, 6.07) is 4.55. The van der Waals surface area contributed by atoms with Crippen molar-refractivity contribution in [3.8, 4) is 10.7 Å². The molecule has 2 N–H and O–H groups in total. The normalized spacial score (nSPS) is 21.3. The predicted molar refractivity (Wildman–Crippen MR) is 74.9 cm³/mol. The molecule has 0 bridgehead atoms. The molecule has 0 spiro atoms. The van der Waals surface area contributed by atoms with Gasteiger partial charge < -0.3 is 10.3 Å². The largest absolute Gasteiger partial charge is 0.359 e. The van der Waals surface area contributed by atoms with Gasteiger partial charge in [-0.25, -0.2) is 4.98 Å². The lowest BCUT2D eigenvalue weighted by molar-refractivity contribution is 0.204. The molecule has 4 nitrogen and oxygen atoms in total. The van der Waals surface area contributed by atoms with E-state index in [1.54, 1.807) is 11.3 Å². The van der Waals surface area contributed by atoms with Crippen LogP contribution in [0, 0.1) is 6.92 Å². The summed E-state index contributed by atoms with van der Waals surface area (Å²) in [5.74, 6) is 0. The van der Waals surface area contributed by atoms with E-state index in [1.807, 2.05) is 12.3 Å². The van der Waals surface area contributed by atoms with Crippen molar-refractivity contribution in [2.75, 3.05) is 26.7 Å². The first-order chi connectivity index (χ1) is 8.75. The Morgan fingerprint density at radius 1 is 1.50 bits per heavy atom. The van der Waals surface area contributed by atoms with E-state index >= 15 is 0 Å². The van der Waals surface area contributed by atoms with Crippen molar-refractivity contribution in [1.29, 1.82) is 0 Å². The molecule has 2 aromatic heterocycles. The molecule has 2 aromatic rings. The highest BCUT2D eigenvalue weighted by Gasteiger charge is 2.25. The molecule has 0 saturated carbocycles. The lowest BCUT2D eigenvalue weighted by Crippen LogP contribution is -2.43. The first kappa shape index (κ1) is 11.9. The van der Waals surface area contributed by atoms with Crippen LogP contribution in [0.3, 0.4) is 0 Å². The molecule has 3 rings (SSSR count). The number of hydrogen-bond donors (Lipinski definition) is 2. The zero-order valence-electron chi connectivity index (χ0n) is 10.7. The number of nitrogens with one attached hydrogen (secondary N) is 2. The van der Waals surface area contributed by atoms with Gasteiger partial charge in [-0.2, -0.15) is 0 Å². The van der Waals surface area contributed by atoms with E-state index in [-0.39, 0.29) is 0 Å². The third kappa shape index (κ3) is 2.09. The molecular formula is C13H18N4S. The second kappa shape index (κ2) is 4.84. The molecule has 1 aliphatic rings. The van der Waals surface area contributed by atoms with Crippen LogP contribution >= 0.6 is 11.3 Å². The number of thiazole rings is 1. The highest BCUT2D eigenvalue weighted by atomic mass is 32.1. The van der Waals surface area contributed by atoms with Crippen molar-refractivity contribution in [2.45, 2.75) is 13.0 Å². The van der Waals surface area contributed by atoms with E-state index in [4.69, 9.17) is 4.98 Å². The Morgan fingerprint density at radius 2 is 2.39 bits per heavy atom. The predicted octanol–water partition coefficient (Wildman–Crippen LogP) is 2.02. The lowest BCUT2D eigenvalue weighted by Gasteiger charge is -2.32. The highest BCUT2D eigenvalue weighted by Crippen LogP contribution is 2.33. The van der Waals surface area contributed by atoms with Gasteiger partial charge in [-0.15, -0.1) is 11.3 Å². The number of aromatic amines is 1. The third-order valence-electron chi connectivity index (χ3n) is 3.47. The number of aryl methyl sites for hydroxylation is 1. The monoisotopic (exact) mass is 262 g/mol. The van der Waals surface area contributed by atoms with Crippen LogP contribution in [0.15, 0.2) is 18.3 Å². The average Bonchev–Trinajstić information content (AvgIpc) is 2.99. The van der Waals surface area contributed by atoms with Crippen LogP contribution in [-0.2, 0) is 0 Å². The van der Waals surface area contributed by atoms with Crippen molar-refractivity contribution >= 4 is 11.3 Å². The Bertz CT molecular complexity index is 517. The lowest BCUT2D eigenvalue weighted by atomic mass is 10.1. The van der Waals surface area contributed by atoms with Gasteiger partial charge in [-0.05, 0) is 26.1 Å². The number of hydrogen-bond acceptors (Lipinski definition) is 4. The van der Waals surface area contributed by atoms with E-state index in [9.17, 15) is 0 Å².